The average Bonchev–Trinajstić information content (AvgIpc) is 2.99. The van der Waals surface area contributed by atoms with E-state index in [9.17, 15) is 5.11 Å². The molecule has 1 aromatic rings. The Kier molecular flexibility index (Phi) is 2.71. The largest absolute Gasteiger partial charge is 0.487 e. The molecule has 2 atom stereocenters. The van der Waals surface area contributed by atoms with Crippen LogP contribution in [0, 0.1) is 5.92 Å². The predicted octanol–water partition coefficient (Wildman–Crippen LogP) is 3.82. The van der Waals surface area contributed by atoms with Gasteiger partial charge in [-0.2, -0.15) is 0 Å². The molecule has 0 amide bonds. The second-order valence-corrected chi connectivity index (χ2v) is 6.52. The highest BCUT2D eigenvalue weighted by Crippen LogP contribution is 2.46. The SMILES string of the molecule is CC1(CC2CC2)CC(O)c2ccc(Br)cc2O1. The Labute approximate surface area is 110 Å². The number of aliphatic hydroxyl groups excluding tert-OH is 1. The second kappa shape index (κ2) is 3.99. The topological polar surface area (TPSA) is 29.5 Å². The lowest BCUT2D eigenvalue weighted by Gasteiger charge is -2.38. The van der Waals surface area contributed by atoms with Gasteiger partial charge in [-0.05, 0) is 31.4 Å². The smallest absolute Gasteiger partial charge is 0.127 e. The zero-order valence-electron chi connectivity index (χ0n) is 9.95. The molecule has 1 N–H and O–H groups in total. The van der Waals surface area contributed by atoms with Gasteiger partial charge in [0.25, 0.3) is 0 Å². The van der Waals surface area contributed by atoms with Gasteiger partial charge in [-0.15, -0.1) is 0 Å². The Morgan fingerprint density at radius 1 is 1.47 bits per heavy atom. The molecule has 1 aromatic carbocycles. The quantitative estimate of drug-likeness (QED) is 0.899. The average molecular weight is 297 g/mol. The van der Waals surface area contributed by atoms with Gasteiger partial charge >= 0.3 is 0 Å². The van der Waals surface area contributed by atoms with Crippen molar-refractivity contribution in [1.82, 2.24) is 0 Å². The maximum atomic E-state index is 10.2. The lowest BCUT2D eigenvalue weighted by atomic mass is 9.86. The Bertz CT molecular complexity index is 442. The summed E-state index contributed by atoms with van der Waals surface area (Å²) in [6.07, 6.45) is 4.02. The molecule has 0 aromatic heterocycles. The molecule has 0 spiro atoms. The van der Waals surface area contributed by atoms with E-state index < -0.39 is 6.10 Å². The van der Waals surface area contributed by atoms with Gasteiger partial charge in [0.05, 0.1) is 6.10 Å². The van der Waals surface area contributed by atoms with Gasteiger partial charge in [0.1, 0.15) is 11.4 Å². The molecule has 92 valence electrons. The summed E-state index contributed by atoms with van der Waals surface area (Å²) in [5.41, 5.74) is 0.718. The molecule has 1 saturated carbocycles. The van der Waals surface area contributed by atoms with Crippen LogP contribution in [0.25, 0.3) is 0 Å². The van der Waals surface area contributed by atoms with E-state index >= 15 is 0 Å². The highest BCUT2D eigenvalue weighted by atomic mass is 79.9. The van der Waals surface area contributed by atoms with Crippen molar-refractivity contribution in [3.63, 3.8) is 0 Å². The molecule has 3 heteroatoms. The summed E-state index contributed by atoms with van der Waals surface area (Å²) >= 11 is 3.45. The first kappa shape index (κ1) is 11.5. The van der Waals surface area contributed by atoms with Crippen LogP contribution < -0.4 is 4.74 Å². The van der Waals surface area contributed by atoms with Crippen molar-refractivity contribution in [2.45, 2.75) is 44.3 Å². The Morgan fingerprint density at radius 3 is 2.94 bits per heavy atom. The number of fused-ring (bicyclic) bond motifs is 1. The number of aliphatic hydroxyl groups is 1. The first-order valence-electron chi connectivity index (χ1n) is 6.22. The van der Waals surface area contributed by atoms with Gasteiger partial charge in [0, 0.05) is 16.5 Å². The second-order valence-electron chi connectivity index (χ2n) is 5.60. The van der Waals surface area contributed by atoms with E-state index in [4.69, 9.17) is 4.74 Å². The maximum Gasteiger partial charge on any atom is 0.127 e. The van der Waals surface area contributed by atoms with Gasteiger partial charge in [-0.25, -0.2) is 0 Å². The lowest BCUT2D eigenvalue weighted by Crippen LogP contribution is -2.38. The third-order valence-corrected chi connectivity index (χ3v) is 4.23. The van der Waals surface area contributed by atoms with E-state index in [0.29, 0.717) is 6.42 Å². The summed E-state index contributed by atoms with van der Waals surface area (Å²) in [6.45, 7) is 2.12. The van der Waals surface area contributed by atoms with Crippen molar-refractivity contribution in [2.75, 3.05) is 0 Å². The summed E-state index contributed by atoms with van der Waals surface area (Å²) in [7, 11) is 0. The summed E-state index contributed by atoms with van der Waals surface area (Å²) in [6, 6.07) is 5.86. The molecule has 0 saturated heterocycles. The Hall–Kier alpha value is -0.540. The van der Waals surface area contributed by atoms with Crippen LogP contribution in [0.4, 0.5) is 0 Å². The van der Waals surface area contributed by atoms with E-state index in [-0.39, 0.29) is 5.60 Å². The van der Waals surface area contributed by atoms with Crippen LogP contribution in [-0.4, -0.2) is 10.7 Å². The molecule has 2 nitrogen and oxygen atoms in total. The van der Waals surface area contributed by atoms with E-state index in [1.54, 1.807) is 0 Å². The van der Waals surface area contributed by atoms with Crippen LogP contribution >= 0.6 is 15.9 Å². The molecule has 3 rings (SSSR count). The molecular formula is C14H17BrO2. The van der Waals surface area contributed by atoms with Gasteiger partial charge in [-0.1, -0.05) is 34.8 Å². The minimum absolute atomic E-state index is 0.200. The van der Waals surface area contributed by atoms with Crippen LogP contribution in [0.1, 0.15) is 44.3 Å². The predicted molar refractivity (Wildman–Crippen MR) is 70.1 cm³/mol. The highest BCUT2D eigenvalue weighted by Gasteiger charge is 2.40. The molecule has 2 unspecified atom stereocenters. The summed E-state index contributed by atoms with van der Waals surface area (Å²) in [5, 5.41) is 10.2. The number of hydrogen-bond acceptors (Lipinski definition) is 2. The van der Waals surface area contributed by atoms with Gasteiger partial charge < -0.3 is 9.84 Å². The van der Waals surface area contributed by atoms with E-state index in [0.717, 1.165) is 28.1 Å². The molecule has 1 aliphatic carbocycles. The van der Waals surface area contributed by atoms with Crippen LogP contribution in [0.3, 0.4) is 0 Å². The van der Waals surface area contributed by atoms with Crippen molar-refractivity contribution in [3.05, 3.63) is 28.2 Å². The monoisotopic (exact) mass is 296 g/mol. The molecule has 1 fully saturated rings. The first-order valence-corrected chi connectivity index (χ1v) is 7.02. The number of halogens is 1. The van der Waals surface area contributed by atoms with Gasteiger partial charge in [0.2, 0.25) is 0 Å². The highest BCUT2D eigenvalue weighted by molar-refractivity contribution is 9.10. The molecule has 1 aliphatic heterocycles. The zero-order chi connectivity index (χ0) is 12.0. The molecular weight excluding hydrogens is 280 g/mol. The lowest BCUT2D eigenvalue weighted by molar-refractivity contribution is -0.0105. The van der Waals surface area contributed by atoms with Crippen LogP contribution in [0.15, 0.2) is 22.7 Å². The first-order chi connectivity index (χ1) is 8.06. The summed E-state index contributed by atoms with van der Waals surface area (Å²) in [4.78, 5) is 0. The van der Waals surface area contributed by atoms with Crippen molar-refractivity contribution >= 4 is 15.9 Å². The van der Waals surface area contributed by atoms with E-state index in [1.165, 1.54) is 12.8 Å². The van der Waals surface area contributed by atoms with Crippen LogP contribution in [0.5, 0.6) is 5.75 Å². The van der Waals surface area contributed by atoms with Gasteiger partial charge in [0.15, 0.2) is 0 Å². The zero-order valence-corrected chi connectivity index (χ0v) is 11.5. The fourth-order valence-corrected chi connectivity index (χ4v) is 3.10. The van der Waals surface area contributed by atoms with Crippen molar-refractivity contribution in [3.8, 4) is 5.75 Å². The Balaban J connectivity index is 1.89. The van der Waals surface area contributed by atoms with Crippen molar-refractivity contribution in [2.24, 2.45) is 5.92 Å². The number of ether oxygens (including phenoxy) is 1. The molecule has 1 heterocycles. The third-order valence-electron chi connectivity index (χ3n) is 3.73. The van der Waals surface area contributed by atoms with E-state index in [1.807, 2.05) is 18.2 Å². The molecule has 2 aliphatic rings. The fourth-order valence-electron chi connectivity index (χ4n) is 2.76. The normalized spacial score (nSPS) is 31.8. The maximum absolute atomic E-state index is 10.2. The minimum Gasteiger partial charge on any atom is -0.487 e. The third kappa shape index (κ3) is 2.36. The number of rotatable bonds is 2. The molecule has 0 bridgehead atoms. The minimum atomic E-state index is -0.393. The Morgan fingerprint density at radius 2 is 2.24 bits per heavy atom. The van der Waals surface area contributed by atoms with Crippen molar-refractivity contribution in [1.29, 1.82) is 0 Å². The van der Waals surface area contributed by atoms with Crippen LogP contribution in [0.2, 0.25) is 0 Å². The number of benzene rings is 1. The standard InChI is InChI=1S/C14H17BrO2/c1-14(7-9-2-3-9)8-12(16)11-5-4-10(15)6-13(11)17-14/h4-6,9,12,16H,2-3,7-8H2,1H3. The molecule has 0 radical (unpaired) electrons. The number of hydrogen-bond donors (Lipinski definition) is 1. The van der Waals surface area contributed by atoms with Gasteiger partial charge in [-0.3, -0.25) is 0 Å². The fraction of sp³-hybridized carbons (Fsp3) is 0.571. The summed E-state index contributed by atoms with van der Waals surface area (Å²) in [5.74, 6) is 1.64. The van der Waals surface area contributed by atoms with Crippen molar-refractivity contribution < 1.29 is 9.84 Å². The summed E-state index contributed by atoms with van der Waals surface area (Å²) < 4.78 is 7.13. The molecule has 17 heavy (non-hydrogen) atoms. The van der Waals surface area contributed by atoms with Crippen LogP contribution in [-0.2, 0) is 0 Å². The van der Waals surface area contributed by atoms with E-state index in [2.05, 4.69) is 22.9 Å².